The molecule has 0 atom stereocenters. The Morgan fingerprint density at radius 2 is 2.12 bits per heavy atom. The van der Waals surface area contributed by atoms with Gasteiger partial charge in [0.15, 0.2) is 11.1 Å². The Balaban J connectivity index is 1.57. The van der Waals surface area contributed by atoms with E-state index in [1.165, 1.54) is 0 Å². The smallest absolute Gasteiger partial charge is 0.191 e. The average molecular weight is 357 g/mol. The van der Waals surface area contributed by atoms with Gasteiger partial charge >= 0.3 is 0 Å². The highest BCUT2D eigenvalue weighted by molar-refractivity contribution is 7.13. The van der Waals surface area contributed by atoms with E-state index >= 15 is 0 Å². The molecule has 1 fully saturated rings. The molecule has 2 aromatic rings. The van der Waals surface area contributed by atoms with Crippen molar-refractivity contribution in [2.24, 2.45) is 10.7 Å². The highest BCUT2D eigenvalue weighted by atomic mass is 32.1. The number of aliphatic imine (C=N–C) groups is 1. The van der Waals surface area contributed by atoms with Crippen molar-refractivity contribution in [1.29, 1.82) is 0 Å². The van der Waals surface area contributed by atoms with Crippen molar-refractivity contribution in [1.82, 2.24) is 9.88 Å². The molecule has 0 unspecified atom stereocenters. The number of nitrogens with zero attached hydrogens (tertiary/aromatic N) is 4. The van der Waals surface area contributed by atoms with Gasteiger partial charge in [-0.1, -0.05) is 30.9 Å². The van der Waals surface area contributed by atoms with Crippen molar-refractivity contribution >= 4 is 22.4 Å². The van der Waals surface area contributed by atoms with E-state index in [2.05, 4.69) is 26.4 Å². The Labute approximate surface area is 152 Å². The SMILES string of the molecule is C=CCOc1ccccc1CN=C(N)N1CCN(c2nccs2)CC1. The van der Waals surface area contributed by atoms with E-state index in [9.17, 15) is 0 Å². The first-order chi connectivity index (χ1) is 12.3. The Morgan fingerprint density at radius 1 is 1.32 bits per heavy atom. The fraction of sp³-hybridized carbons (Fsp3) is 0.333. The molecule has 6 nitrogen and oxygen atoms in total. The predicted molar refractivity (Wildman–Crippen MR) is 103 cm³/mol. The molecule has 25 heavy (non-hydrogen) atoms. The van der Waals surface area contributed by atoms with E-state index in [-0.39, 0.29) is 0 Å². The minimum atomic E-state index is 0.481. The summed E-state index contributed by atoms with van der Waals surface area (Å²) in [6, 6.07) is 7.88. The first-order valence-electron chi connectivity index (χ1n) is 8.29. The number of rotatable bonds is 6. The van der Waals surface area contributed by atoms with Crippen LogP contribution in [0.2, 0.25) is 0 Å². The first-order valence-corrected chi connectivity index (χ1v) is 9.17. The molecule has 7 heteroatoms. The van der Waals surface area contributed by atoms with Gasteiger partial charge in [0, 0.05) is 43.3 Å². The van der Waals surface area contributed by atoms with Crippen LogP contribution in [0.3, 0.4) is 0 Å². The molecular formula is C18H23N5OS. The van der Waals surface area contributed by atoms with Crippen molar-refractivity contribution in [2.75, 3.05) is 37.7 Å². The Hall–Kier alpha value is -2.54. The lowest BCUT2D eigenvalue weighted by atomic mass is 10.2. The maximum atomic E-state index is 6.20. The number of nitrogens with two attached hydrogens (primary N) is 1. The number of benzene rings is 1. The van der Waals surface area contributed by atoms with Crippen LogP contribution in [0.15, 0.2) is 53.5 Å². The molecule has 0 saturated carbocycles. The summed E-state index contributed by atoms with van der Waals surface area (Å²) in [6.07, 6.45) is 3.57. The van der Waals surface area contributed by atoms with Gasteiger partial charge in [0.1, 0.15) is 12.4 Å². The zero-order chi connectivity index (χ0) is 17.5. The summed E-state index contributed by atoms with van der Waals surface area (Å²) in [4.78, 5) is 13.3. The summed E-state index contributed by atoms with van der Waals surface area (Å²) in [5.41, 5.74) is 7.22. The molecule has 1 aromatic carbocycles. The van der Waals surface area contributed by atoms with E-state index in [1.54, 1.807) is 17.4 Å². The summed E-state index contributed by atoms with van der Waals surface area (Å²) < 4.78 is 5.67. The van der Waals surface area contributed by atoms with Gasteiger partial charge in [0.25, 0.3) is 0 Å². The highest BCUT2D eigenvalue weighted by Crippen LogP contribution is 2.20. The second kappa shape index (κ2) is 8.53. The van der Waals surface area contributed by atoms with Gasteiger partial charge in [-0.3, -0.25) is 0 Å². The van der Waals surface area contributed by atoms with Crippen molar-refractivity contribution < 1.29 is 4.74 Å². The van der Waals surface area contributed by atoms with E-state index in [0.29, 0.717) is 19.1 Å². The van der Waals surface area contributed by atoms with Crippen LogP contribution in [-0.2, 0) is 6.54 Å². The first kappa shape index (κ1) is 17.3. The summed E-state index contributed by atoms with van der Waals surface area (Å²) in [7, 11) is 0. The van der Waals surface area contributed by atoms with Gasteiger partial charge in [-0.2, -0.15) is 0 Å². The molecule has 0 radical (unpaired) electrons. The van der Waals surface area contributed by atoms with E-state index in [4.69, 9.17) is 10.5 Å². The predicted octanol–water partition coefficient (Wildman–Crippen LogP) is 2.34. The number of guanidine groups is 1. The summed E-state index contributed by atoms with van der Waals surface area (Å²) in [5, 5.41) is 3.08. The summed E-state index contributed by atoms with van der Waals surface area (Å²) >= 11 is 1.67. The number of hydrogen-bond acceptors (Lipinski definition) is 5. The highest BCUT2D eigenvalue weighted by Gasteiger charge is 2.19. The van der Waals surface area contributed by atoms with Crippen LogP contribution in [0.1, 0.15) is 5.56 Å². The minimum absolute atomic E-state index is 0.481. The molecule has 1 saturated heterocycles. The maximum Gasteiger partial charge on any atom is 0.191 e. The molecule has 132 valence electrons. The van der Waals surface area contributed by atoms with Crippen LogP contribution in [0, 0.1) is 0 Å². The third-order valence-electron chi connectivity index (χ3n) is 4.03. The van der Waals surface area contributed by atoms with Crippen molar-refractivity contribution in [3.05, 3.63) is 54.1 Å². The monoisotopic (exact) mass is 357 g/mol. The second-order valence-corrected chi connectivity index (χ2v) is 6.54. The molecule has 2 heterocycles. The third-order valence-corrected chi connectivity index (χ3v) is 4.87. The van der Waals surface area contributed by atoms with Crippen LogP contribution in [0.5, 0.6) is 5.75 Å². The fourth-order valence-electron chi connectivity index (χ4n) is 2.69. The fourth-order valence-corrected chi connectivity index (χ4v) is 3.39. The molecule has 1 aromatic heterocycles. The van der Waals surface area contributed by atoms with Crippen LogP contribution in [0.25, 0.3) is 0 Å². The Morgan fingerprint density at radius 3 is 2.84 bits per heavy atom. The number of piperazine rings is 1. The molecule has 1 aliphatic heterocycles. The molecule has 1 aliphatic rings. The van der Waals surface area contributed by atoms with Gasteiger partial charge in [-0.05, 0) is 6.07 Å². The zero-order valence-corrected chi connectivity index (χ0v) is 15.0. The maximum absolute atomic E-state index is 6.20. The van der Waals surface area contributed by atoms with Gasteiger partial charge in [-0.25, -0.2) is 9.98 Å². The molecular weight excluding hydrogens is 334 g/mol. The Bertz CT molecular complexity index is 708. The van der Waals surface area contributed by atoms with Crippen LogP contribution >= 0.6 is 11.3 Å². The lowest BCUT2D eigenvalue weighted by molar-refractivity contribution is 0.358. The summed E-state index contributed by atoms with van der Waals surface area (Å²) in [6.45, 7) is 8.18. The van der Waals surface area contributed by atoms with Gasteiger partial charge in [0.2, 0.25) is 0 Å². The molecule has 3 rings (SSSR count). The second-order valence-electron chi connectivity index (χ2n) is 5.67. The largest absolute Gasteiger partial charge is 0.489 e. The van der Waals surface area contributed by atoms with Crippen LogP contribution in [-0.4, -0.2) is 48.6 Å². The molecule has 0 aliphatic carbocycles. The van der Waals surface area contributed by atoms with E-state index in [1.807, 2.05) is 35.8 Å². The average Bonchev–Trinajstić information content (AvgIpc) is 3.20. The van der Waals surface area contributed by atoms with Crippen LogP contribution < -0.4 is 15.4 Å². The lowest BCUT2D eigenvalue weighted by Gasteiger charge is -2.35. The van der Waals surface area contributed by atoms with Crippen molar-refractivity contribution in [3.63, 3.8) is 0 Å². The topological polar surface area (TPSA) is 67.0 Å². The van der Waals surface area contributed by atoms with Gasteiger partial charge in [-0.15, -0.1) is 11.3 Å². The normalized spacial score (nSPS) is 15.3. The number of ether oxygens (including phenoxy) is 1. The molecule has 0 bridgehead atoms. The zero-order valence-electron chi connectivity index (χ0n) is 14.2. The van der Waals surface area contributed by atoms with Gasteiger partial charge in [0.05, 0.1) is 6.54 Å². The van der Waals surface area contributed by atoms with E-state index in [0.717, 1.165) is 42.6 Å². The van der Waals surface area contributed by atoms with E-state index < -0.39 is 0 Å². The third kappa shape index (κ3) is 4.51. The van der Waals surface area contributed by atoms with Crippen molar-refractivity contribution in [3.8, 4) is 5.75 Å². The quantitative estimate of drug-likeness (QED) is 0.488. The summed E-state index contributed by atoms with van der Waals surface area (Å²) in [5.74, 6) is 1.41. The van der Waals surface area contributed by atoms with Crippen molar-refractivity contribution in [2.45, 2.75) is 6.54 Å². The van der Waals surface area contributed by atoms with Gasteiger partial charge < -0.3 is 20.3 Å². The lowest BCUT2D eigenvalue weighted by Crippen LogP contribution is -2.51. The molecule has 2 N–H and O–H groups in total. The number of aromatic nitrogens is 1. The number of hydrogen-bond donors (Lipinski definition) is 1. The standard InChI is InChI=1S/C18H23N5OS/c1-2-12-24-16-6-4-3-5-15(16)14-21-17(19)22-8-10-23(11-9-22)18-20-7-13-25-18/h2-7,13H,1,8-12,14H2,(H2,19,21). The number of anilines is 1. The minimum Gasteiger partial charge on any atom is -0.489 e. The number of para-hydroxylation sites is 1. The Kier molecular flexibility index (Phi) is 5.90. The number of thiazole rings is 1. The molecule has 0 amide bonds. The van der Waals surface area contributed by atoms with Crippen LogP contribution in [0.4, 0.5) is 5.13 Å². The molecule has 0 spiro atoms.